The summed E-state index contributed by atoms with van der Waals surface area (Å²) in [4.78, 5) is 29.9. The molecule has 0 aliphatic heterocycles. The standard InChI is InChI=1S/C13H3Br2Cl2F3N4O6/c14-6-8(16)12(24(29)30)9(17)7(15)11(6)21-10-4(13(18,19)20)1-3(22(25)26)2-5(10)23(27)28/h1-2,21H. The summed E-state index contributed by atoms with van der Waals surface area (Å²) >= 11 is 17.5. The maximum atomic E-state index is 13.5. The van der Waals surface area contributed by atoms with Gasteiger partial charge in [-0.25, -0.2) is 0 Å². The van der Waals surface area contributed by atoms with Crippen molar-refractivity contribution in [1.29, 1.82) is 0 Å². The molecule has 30 heavy (non-hydrogen) atoms. The zero-order valence-corrected chi connectivity index (χ0v) is 18.3. The Labute approximate surface area is 189 Å². The van der Waals surface area contributed by atoms with Crippen LogP contribution >= 0.6 is 55.1 Å². The summed E-state index contributed by atoms with van der Waals surface area (Å²) in [5, 5.41) is 34.3. The summed E-state index contributed by atoms with van der Waals surface area (Å²) in [6.45, 7) is 0. The third-order valence-corrected chi connectivity index (χ3v) is 6.27. The molecule has 160 valence electrons. The SMILES string of the molecule is O=[N+]([O-])c1cc([N+](=O)[O-])c(Nc2c(Br)c(Cl)c([N+](=O)[O-])c(Cl)c2Br)c(C(F)(F)F)c1. The van der Waals surface area contributed by atoms with E-state index in [1.165, 1.54) is 0 Å². The first-order chi connectivity index (χ1) is 13.7. The summed E-state index contributed by atoms with van der Waals surface area (Å²) in [6.07, 6.45) is -5.24. The highest BCUT2D eigenvalue weighted by molar-refractivity contribution is 9.11. The zero-order chi connectivity index (χ0) is 23.1. The van der Waals surface area contributed by atoms with E-state index >= 15 is 0 Å². The van der Waals surface area contributed by atoms with Crippen LogP contribution in [0.4, 0.5) is 41.6 Å². The quantitative estimate of drug-likeness (QED) is 0.222. The minimum absolute atomic E-state index is 0.103. The topological polar surface area (TPSA) is 141 Å². The van der Waals surface area contributed by atoms with Crippen molar-refractivity contribution in [3.63, 3.8) is 0 Å². The zero-order valence-electron chi connectivity index (χ0n) is 13.6. The van der Waals surface area contributed by atoms with Crippen LogP contribution in [0, 0.1) is 30.3 Å². The second-order valence-corrected chi connectivity index (χ2v) is 7.60. The number of rotatable bonds is 5. The van der Waals surface area contributed by atoms with E-state index in [1.807, 2.05) is 0 Å². The number of hydrogen-bond donors (Lipinski definition) is 1. The Balaban J connectivity index is 2.89. The van der Waals surface area contributed by atoms with Crippen LogP contribution in [0.25, 0.3) is 0 Å². The molecule has 0 atom stereocenters. The Kier molecular flexibility index (Phi) is 6.80. The molecule has 0 heterocycles. The Morgan fingerprint density at radius 1 is 0.867 bits per heavy atom. The van der Waals surface area contributed by atoms with Crippen molar-refractivity contribution in [2.45, 2.75) is 6.18 Å². The summed E-state index contributed by atoms with van der Waals surface area (Å²) in [6, 6.07) is 0.430. The molecule has 0 aliphatic carbocycles. The number of nitro benzene ring substituents is 3. The van der Waals surface area contributed by atoms with Crippen molar-refractivity contribution in [1.82, 2.24) is 0 Å². The first-order valence-electron chi connectivity index (χ1n) is 6.99. The molecule has 1 N–H and O–H groups in total. The fourth-order valence-electron chi connectivity index (χ4n) is 2.23. The van der Waals surface area contributed by atoms with Crippen LogP contribution in [0.15, 0.2) is 21.1 Å². The van der Waals surface area contributed by atoms with E-state index in [0.29, 0.717) is 6.07 Å². The minimum Gasteiger partial charge on any atom is -0.347 e. The van der Waals surface area contributed by atoms with Gasteiger partial charge in [0, 0.05) is 6.07 Å². The lowest BCUT2D eigenvalue weighted by Crippen LogP contribution is -2.12. The van der Waals surface area contributed by atoms with Gasteiger partial charge in [-0.3, -0.25) is 30.3 Å². The number of benzene rings is 2. The average Bonchev–Trinajstić information content (AvgIpc) is 2.61. The lowest BCUT2D eigenvalue weighted by molar-refractivity contribution is -0.394. The number of nitrogens with one attached hydrogen (secondary N) is 1. The first kappa shape index (κ1) is 24.0. The predicted octanol–water partition coefficient (Wildman–Crippen LogP) is 7.01. The Hall–Kier alpha value is -2.23. The third-order valence-electron chi connectivity index (χ3n) is 3.49. The molecule has 2 aromatic rings. The van der Waals surface area contributed by atoms with Crippen LogP contribution in [0.5, 0.6) is 0 Å². The van der Waals surface area contributed by atoms with E-state index in [9.17, 15) is 43.5 Å². The molecule has 10 nitrogen and oxygen atoms in total. The third kappa shape index (κ3) is 4.43. The van der Waals surface area contributed by atoms with Crippen LogP contribution in [-0.4, -0.2) is 14.8 Å². The Morgan fingerprint density at radius 2 is 1.37 bits per heavy atom. The molecule has 2 rings (SSSR count). The lowest BCUT2D eigenvalue weighted by Gasteiger charge is -2.17. The number of halogens is 7. The molecule has 0 spiro atoms. The first-order valence-corrected chi connectivity index (χ1v) is 9.34. The minimum atomic E-state index is -5.24. The van der Waals surface area contributed by atoms with Gasteiger partial charge >= 0.3 is 11.9 Å². The van der Waals surface area contributed by atoms with E-state index in [-0.39, 0.29) is 15.0 Å². The molecule has 0 amide bonds. The summed E-state index contributed by atoms with van der Waals surface area (Å²) in [5.41, 5.74) is -6.54. The average molecular weight is 599 g/mol. The van der Waals surface area contributed by atoms with Gasteiger partial charge in [0.05, 0.1) is 41.0 Å². The molecule has 0 aromatic heterocycles. The molecule has 0 saturated carbocycles. The van der Waals surface area contributed by atoms with Crippen LogP contribution in [-0.2, 0) is 6.18 Å². The fourth-order valence-corrected chi connectivity index (χ4v) is 4.03. The van der Waals surface area contributed by atoms with Gasteiger partial charge in [-0.15, -0.1) is 0 Å². The molecule has 0 saturated heterocycles. The summed E-state index contributed by atoms with van der Waals surface area (Å²) in [5.74, 6) is 0. The number of anilines is 2. The predicted molar refractivity (Wildman–Crippen MR) is 107 cm³/mol. The normalized spacial score (nSPS) is 11.3. The van der Waals surface area contributed by atoms with Crippen LogP contribution < -0.4 is 5.32 Å². The number of nitrogens with zero attached hydrogens (tertiary/aromatic N) is 3. The molecule has 0 unspecified atom stereocenters. The Bertz CT molecular complexity index is 1090. The molecule has 0 radical (unpaired) electrons. The van der Waals surface area contributed by atoms with Crippen molar-refractivity contribution in [2.75, 3.05) is 5.32 Å². The maximum Gasteiger partial charge on any atom is 0.418 e. The number of hydrogen-bond acceptors (Lipinski definition) is 7. The van der Waals surface area contributed by atoms with E-state index in [0.717, 1.165) is 0 Å². The van der Waals surface area contributed by atoms with Crippen LogP contribution in [0.3, 0.4) is 0 Å². The van der Waals surface area contributed by atoms with Crippen molar-refractivity contribution in [3.8, 4) is 0 Å². The van der Waals surface area contributed by atoms with Crippen molar-refractivity contribution in [2.24, 2.45) is 0 Å². The largest absolute Gasteiger partial charge is 0.418 e. The van der Waals surface area contributed by atoms with Gasteiger partial charge in [0.2, 0.25) is 0 Å². The highest BCUT2D eigenvalue weighted by atomic mass is 79.9. The van der Waals surface area contributed by atoms with Gasteiger partial charge in [0.15, 0.2) is 0 Å². The Morgan fingerprint density at radius 3 is 1.73 bits per heavy atom. The van der Waals surface area contributed by atoms with E-state index in [1.54, 1.807) is 0 Å². The highest BCUT2D eigenvalue weighted by Crippen LogP contribution is 2.51. The van der Waals surface area contributed by atoms with Gasteiger partial charge in [-0.1, -0.05) is 23.2 Å². The van der Waals surface area contributed by atoms with Crippen molar-refractivity contribution in [3.05, 3.63) is 67.0 Å². The molecular formula is C13H3Br2Cl2F3N4O6. The lowest BCUT2D eigenvalue weighted by atomic mass is 10.1. The molecule has 17 heteroatoms. The summed E-state index contributed by atoms with van der Waals surface area (Å²) in [7, 11) is 0. The van der Waals surface area contributed by atoms with Gasteiger partial charge in [-0.05, 0) is 31.9 Å². The summed E-state index contributed by atoms with van der Waals surface area (Å²) < 4.78 is 39.9. The maximum absolute atomic E-state index is 13.5. The van der Waals surface area contributed by atoms with Gasteiger partial charge < -0.3 is 5.32 Å². The van der Waals surface area contributed by atoms with Crippen molar-refractivity contribution < 1.29 is 27.9 Å². The van der Waals surface area contributed by atoms with Crippen molar-refractivity contribution >= 4 is 83.5 Å². The monoisotopic (exact) mass is 596 g/mol. The van der Waals surface area contributed by atoms with E-state index in [2.05, 4.69) is 37.2 Å². The fraction of sp³-hybridized carbons (Fsp3) is 0.0769. The second-order valence-electron chi connectivity index (χ2n) is 5.26. The van der Waals surface area contributed by atoms with Gasteiger partial charge in [0.25, 0.3) is 11.4 Å². The molecular weight excluding hydrogens is 596 g/mol. The molecule has 2 aromatic carbocycles. The smallest absolute Gasteiger partial charge is 0.347 e. The van der Waals surface area contributed by atoms with E-state index in [4.69, 9.17) is 23.2 Å². The second kappa shape index (κ2) is 8.49. The van der Waals surface area contributed by atoms with Gasteiger partial charge in [0.1, 0.15) is 15.7 Å². The molecule has 0 aliphatic rings. The molecule has 0 fully saturated rings. The molecule has 0 bridgehead atoms. The number of nitro groups is 3. The van der Waals surface area contributed by atoms with Gasteiger partial charge in [-0.2, -0.15) is 13.2 Å². The highest BCUT2D eigenvalue weighted by Gasteiger charge is 2.40. The van der Waals surface area contributed by atoms with Crippen LogP contribution in [0.1, 0.15) is 5.56 Å². The number of alkyl halides is 3. The van der Waals surface area contributed by atoms with Crippen LogP contribution in [0.2, 0.25) is 10.0 Å². The van der Waals surface area contributed by atoms with E-state index < -0.39 is 65.0 Å². The number of non-ortho nitro benzene ring substituents is 1.